The number of hydrogen-bond donors (Lipinski definition) is 1. The maximum atomic E-state index is 12.4. The van der Waals surface area contributed by atoms with Crippen LogP contribution in [0.2, 0.25) is 0 Å². The molecule has 3 aromatic rings. The van der Waals surface area contributed by atoms with Crippen molar-refractivity contribution in [2.45, 2.75) is 0 Å². The molecule has 1 aromatic heterocycles. The molecule has 0 saturated carbocycles. The lowest BCUT2D eigenvalue weighted by Gasteiger charge is -2.10. The molecule has 1 amide bonds. The van der Waals surface area contributed by atoms with Crippen molar-refractivity contribution < 1.29 is 23.5 Å². The van der Waals surface area contributed by atoms with Gasteiger partial charge < -0.3 is 14.5 Å². The first-order valence-electron chi connectivity index (χ1n) is 7.94. The molecule has 6 nitrogen and oxygen atoms in total. The van der Waals surface area contributed by atoms with Crippen molar-refractivity contribution >= 4 is 39.3 Å². The number of Topliss-reactive ketones (excluding diaryl/α,β-unsaturated/α-hetero) is 1. The average Bonchev–Trinajstić information content (AvgIpc) is 3.22. The summed E-state index contributed by atoms with van der Waals surface area (Å²) < 4.78 is 11.0. The van der Waals surface area contributed by atoms with E-state index in [9.17, 15) is 14.4 Å². The van der Waals surface area contributed by atoms with Gasteiger partial charge in [0.25, 0.3) is 5.91 Å². The van der Waals surface area contributed by atoms with E-state index in [1.165, 1.54) is 18.4 Å². The molecule has 0 bridgehead atoms. The third kappa shape index (κ3) is 4.71. The van der Waals surface area contributed by atoms with Crippen LogP contribution in [0.3, 0.4) is 0 Å². The molecule has 136 valence electrons. The minimum atomic E-state index is -0.712. The molecule has 3 rings (SSSR count). The van der Waals surface area contributed by atoms with Gasteiger partial charge in [-0.3, -0.25) is 9.59 Å². The van der Waals surface area contributed by atoms with Crippen molar-refractivity contribution in [1.29, 1.82) is 0 Å². The van der Waals surface area contributed by atoms with Gasteiger partial charge in [0.05, 0.1) is 17.5 Å². The topological polar surface area (TPSA) is 85.6 Å². The molecular formula is C20H14BrNO5. The maximum absolute atomic E-state index is 12.4. The summed E-state index contributed by atoms with van der Waals surface area (Å²) in [4.78, 5) is 36.6. The molecular weight excluding hydrogens is 414 g/mol. The van der Waals surface area contributed by atoms with Crippen LogP contribution in [0.5, 0.6) is 0 Å². The van der Waals surface area contributed by atoms with E-state index in [1.54, 1.807) is 48.5 Å². The van der Waals surface area contributed by atoms with Crippen LogP contribution in [0.15, 0.2) is 75.8 Å². The van der Waals surface area contributed by atoms with Gasteiger partial charge in [0.1, 0.15) is 0 Å². The van der Waals surface area contributed by atoms with Crippen molar-refractivity contribution in [3.63, 3.8) is 0 Å². The fraction of sp³-hybridized carbons (Fsp3) is 0.0500. The van der Waals surface area contributed by atoms with Gasteiger partial charge in [0, 0.05) is 10.0 Å². The first-order chi connectivity index (χ1) is 13.0. The Kier molecular flexibility index (Phi) is 5.83. The number of anilines is 1. The summed E-state index contributed by atoms with van der Waals surface area (Å²) in [5, 5.41) is 2.60. The van der Waals surface area contributed by atoms with Gasteiger partial charge in [-0.1, -0.05) is 40.2 Å². The Labute approximate surface area is 163 Å². The van der Waals surface area contributed by atoms with Gasteiger partial charge in [-0.25, -0.2) is 4.79 Å². The molecule has 0 saturated heterocycles. The molecule has 0 radical (unpaired) electrons. The molecule has 7 heteroatoms. The number of esters is 1. The number of ketones is 1. The number of nitrogens with one attached hydrogen (secondary N) is 1. The zero-order valence-corrected chi connectivity index (χ0v) is 15.6. The zero-order chi connectivity index (χ0) is 19.2. The molecule has 0 unspecified atom stereocenters. The van der Waals surface area contributed by atoms with Crippen molar-refractivity contribution in [2.75, 3.05) is 11.9 Å². The van der Waals surface area contributed by atoms with Gasteiger partial charge >= 0.3 is 5.97 Å². The number of rotatable bonds is 6. The molecule has 1 heterocycles. The first-order valence-corrected chi connectivity index (χ1v) is 8.73. The van der Waals surface area contributed by atoms with Crippen molar-refractivity contribution in [1.82, 2.24) is 0 Å². The molecule has 1 N–H and O–H groups in total. The fourth-order valence-corrected chi connectivity index (χ4v) is 2.55. The molecule has 27 heavy (non-hydrogen) atoms. The van der Waals surface area contributed by atoms with E-state index in [4.69, 9.17) is 9.15 Å². The van der Waals surface area contributed by atoms with E-state index in [0.717, 1.165) is 4.47 Å². The molecule has 2 aromatic carbocycles. The SMILES string of the molecule is O=C(COC(=O)c1ccccc1NC(=O)c1ccco1)c1ccc(Br)cc1. The van der Waals surface area contributed by atoms with Crippen LogP contribution in [0.1, 0.15) is 31.3 Å². The summed E-state index contributed by atoms with van der Waals surface area (Å²) in [7, 11) is 0. The highest BCUT2D eigenvalue weighted by Crippen LogP contribution is 2.18. The van der Waals surface area contributed by atoms with E-state index in [1.807, 2.05) is 0 Å². The summed E-state index contributed by atoms with van der Waals surface area (Å²) in [6.07, 6.45) is 1.38. The van der Waals surface area contributed by atoms with Crippen LogP contribution in [0.25, 0.3) is 0 Å². The van der Waals surface area contributed by atoms with Crippen LogP contribution < -0.4 is 5.32 Å². The van der Waals surface area contributed by atoms with Crippen LogP contribution in [-0.4, -0.2) is 24.3 Å². The van der Waals surface area contributed by atoms with Gasteiger partial charge in [-0.2, -0.15) is 0 Å². The summed E-state index contributed by atoms with van der Waals surface area (Å²) in [5.74, 6) is -1.42. The fourth-order valence-electron chi connectivity index (χ4n) is 2.29. The van der Waals surface area contributed by atoms with E-state index in [2.05, 4.69) is 21.2 Å². The Morgan fingerprint density at radius 2 is 1.70 bits per heavy atom. The number of carbonyl (C=O) groups is 3. The summed E-state index contributed by atoms with van der Waals surface area (Å²) in [6.45, 7) is -0.402. The van der Waals surface area contributed by atoms with E-state index in [0.29, 0.717) is 5.56 Å². The Bertz CT molecular complexity index is 964. The molecule has 0 aliphatic heterocycles. The van der Waals surface area contributed by atoms with Crippen LogP contribution in [-0.2, 0) is 4.74 Å². The summed E-state index contributed by atoms with van der Waals surface area (Å²) >= 11 is 3.29. The van der Waals surface area contributed by atoms with Crippen molar-refractivity contribution in [3.05, 3.63) is 88.3 Å². The number of halogens is 1. The molecule has 0 aliphatic rings. The Balaban J connectivity index is 1.67. The molecule has 0 fully saturated rings. The zero-order valence-electron chi connectivity index (χ0n) is 14.0. The number of benzene rings is 2. The highest BCUT2D eigenvalue weighted by Gasteiger charge is 2.17. The average molecular weight is 428 g/mol. The van der Waals surface area contributed by atoms with Crippen molar-refractivity contribution in [3.8, 4) is 0 Å². The predicted molar refractivity (Wildman–Crippen MR) is 102 cm³/mol. The largest absolute Gasteiger partial charge is 0.459 e. The second-order valence-electron chi connectivity index (χ2n) is 5.48. The van der Waals surface area contributed by atoms with Gasteiger partial charge in [-0.15, -0.1) is 0 Å². The normalized spacial score (nSPS) is 10.3. The third-order valence-electron chi connectivity index (χ3n) is 3.64. The Morgan fingerprint density at radius 1 is 0.963 bits per heavy atom. The highest BCUT2D eigenvalue weighted by molar-refractivity contribution is 9.10. The lowest BCUT2D eigenvalue weighted by Crippen LogP contribution is -2.18. The predicted octanol–water partition coefficient (Wildman–Crippen LogP) is 4.33. The minimum absolute atomic E-state index is 0.114. The van der Waals surface area contributed by atoms with E-state index in [-0.39, 0.29) is 22.8 Å². The third-order valence-corrected chi connectivity index (χ3v) is 4.17. The summed E-state index contributed by atoms with van der Waals surface area (Å²) in [6, 6.07) is 16.2. The Hall–Kier alpha value is -3.19. The molecule has 0 aliphatic carbocycles. The minimum Gasteiger partial charge on any atom is -0.459 e. The van der Waals surface area contributed by atoms with Crippen LogP contribution >= 0.6 is 15.9 Å². The lowest BCUT2D eigenvalue weighted by atomic mass is 10.1. The van der Waals surface area contributed by atoms with Gasteiger partial charge in [0.2, 0.25) is 0 Å². The number of amides is 1. The Morgan fingerprint density at radius 3 is 2.41 bits per heavy atom. The van der Waals surface area contributed by atoms with Crippen LogP contribution in [0.4, 0.5) is 5.69 Å². The number of furan rings is 1. The standard InChI is InChI=1S/C20H14BrNO5/c21-14-9-7-13(8-10-14)17(23)12-27-20(25)15-4-1-2-5-16(15)22-19(24)18-6-3-11-26-18/h1-11H,12H2,(H,22,24). The smallest absolute Gasteiger partial charge is 0.340 e. The van der Waals surface area contributed by atoms with Crippen LogP contribution in [0, 0.1) is 0 Å². The lowest BCUT2D eigenvalue weighted by molar-refractivity contribution is 0.0475. The summed E-state index contributed by atoms with van der Waals surface area (Å²) in [5.41, 5.74) is 0.839. The highest BCUT2D eigenvalue weighted by atomic mass is 79.9. The number of para-hydroxylation sites is 1. The van der Waals surface area contributed by atoms with Gasteiger partial charge in [-0.05, 0) is 36.4 Å². The number of carbonyl (C=O) groups excluding carboxylic acids is 3. The maximum Gasteiger partial charge on any atom is 0.340 e. The molecule has 0 atom stereocenters. The number of ether oxygens (including phenoxy) is 1. The first kappa shape index (κ1) is 18.6. The quantitative estimate of drug-likeness (QED) is 0.467. The van der Waals surface area contributed by atoms with E-state index >= 15 is 0 Å². The second kappa shape index (κ2) is 8.46. The van der Waals surface area contributed by atoms with Gasteiger partial charge in [0.15, 0.2) is 18.2 Å². The molecule has 0 spiro atoms. The monoisotopic (exact) mass is 427 g/mol. The van der Waals surface area contributed by atoms with E-state index < -0.39 is 18.5 Å². The van der Waals surface area contributed by atoms with Crippen molar-refractivity contribution in [2.24, 2.45) is 0 Å². The second-order valence-corrected chi connectivity index (χ2v) is 6.40. The number of hydrogen-bond acceptors (Lipinski definition) is 5.